The number of hydrogen-bond donors (Lipinski definition) is 2. The fourth-order valence-corrected chi connectivity index (χ4v) is 2.54. The Kier molecular flexibility index (Phi) is 1.67. The number of nitrogens with zero attached hydrogens (tertiary/aromatic N) is 1. The smallest absolute Gasteiger partial charge is 0.0430 e. The van der Waals surface area contributed by atoms with Gasteiger partial charge in [0, 0.05) is 36.5 Å². The van der Waals surface area contributed by atoms with Gasteiger partial charge < -0.3 is 16.0 Å². The highest BCUT2D eigenvalue weighted by molar-refractivity contribution is 5.55. The van der Waals surface area contributed by atoms with Crippen LogP contribution in [-0.4, -0.2) is 25.2 Å². The molecule has 0 aliphatic carbocycles. The molecule has 2 saturated heterocycles. The summed E-state index contributed by atoms with van der Waals surface area (Å²) in [5.41, 5.74) is 7.83. The summed E-state index contributed by atoms with van der Waals surface area (Å²) in [5.74, 6) is 0. The third-order valence-corrected chi connectivity index (χ3v) is 3.28. The Bertz CT molecular complexity index is 333. The highest BCUT2D eigenvalue weighted by Gasteiger charge is 2.37. The van der Waals surface area contributed by atoms with Crippen LogP contribution in [0.5, 0.6) is 0 Å². The molecule has 0 spiro atoms. The topological polar surface area (TPSA) is 41.3 Å². The zero-order valence-electron chi connectivity index (χ0n) is 8.11. The van der Waals surface area contributed by atoms with E-state index in [1.165, 1.54) is 12.1 Å². The maximum atomic E-state index is 5.67. The van der Waals surface area contributed by atoms with E-state index >= 15 is 0 Å². The second-order valence-electron chi connectivity index (χ2n) is 4.24. The fourth-order valence-electron chi connectivity index (χ4n) is 2.54. The van der Waals surface area contributed by atoms with Crippen molar-refractivity contribution in [3.05, 3.63) is 24.3 Å². The minimum absolute atomic E-state index is 0.698. The lowest BCUT2D eigenvalue weighted by atomic mass is 10.2. The van der Waals surface area contributed by atoms with Gasteiger partial charge in [0.1, 0.15) is 0 Å². The summed E-state index contributed by atoms with van der Waals surface area (Å²) in [5, 5.41) is 3.50. The van der Waals surface area contributed by atoms with Gasteiger partial charge in [0.2, 0.25) is 0 Å². The summed E-state index contributed by atoms with van der Waals surface area (Å²) in [7, 11) is 0. The SMILES string of the molecule is Nc1ccc(N2C[C@H]3C[C@@H]2CN3)cc1. The highest BCUT2D eigenvalue weighted by Crippen LogP contribution is 2.29. The Morgan fingerprint density at radius 1 is 1.29 bits per heavy atom. The Morgan fingerprint density at radius 2 is 2.07 bits per heavy atom. The molecule has 3 heteroatoms. The predicted octanol–water partition coefficient (Wildman–Crippen LogP) is 0.819. The minimum Gasteiger partial charge on any atom is -0.399 e. The first-order chi connectivity index (χ1) is 6.83. The van der Waals surface area contributed by atoms with E-state index in [1.54, 1.807) is 0 Å². The number of rotatable bonds is 1. The molecule has 2 heterocycles. The zero-order chi connectivity index (χ0) is 9.54. The van der Waals surface area contributed by atoms with Crippen molar-refractivity contribution >= 4 is 11.4 Å². The largest absolute Gasteiger partial charge is 0.399 e. The van der Waals surface area contributed by atoms with Gasteiger partial charge in [-0.05, 0) is 30.7 Å². The molecule has 2 aliphatic heterocycles. The molecule has 2 bridgehead atoms. The van der Waals surface area contributed by atoms with Crippen molar-refractivity contribution in [3.8, 4) is 0 Å². The van der Waals surface area contributed by atoms with E-state index in [2.05, 4.69) is 22.3 Å². The van der Waals surface area contributed by atoms with E-state index in [9.17, 15) is 0 Å². The molecule has 14 heavy (non-hydrogen) atoms. The Balaban J connectivity index is 1.86. The highest BCUT2D eigenvalue weighted by atomic mass is 15.3. The summed E-state index contributed by atoms with van der Waals surface area (Å²) >= 11 is 0. The molecule has 0 radical (unpaired) electrons. The van der Waals surface area contributed by atoms with Crippen LogP contribution in [0.2, 0.25) is 0 Å². The van der Waals surface area contributed by atoms with Gasteiger partial charge in [0.25, 0.3) is 0 Å². The Labute approximate surface area is 83.9 Å². The summed E-state index contributed by atoms with van der Waals surface area (Å²) in [6.45, 7) is 2.28. The van der Waals surface area contributed by atoms with Crippen LogP contribution in [0.4, 0.5) is 11.4 Å². The maximum Gasteiger partial charge on any atom is 0.0430 e. The molecule has 2 atom stereocenters. The van der Waals surface area contributed by atoms with Crippen molar-refractivity contribution in [3.63, 3.8) is 0 Å². The average Bonchev–Trinajstić information content (AvgIpc) is 2.80. The Morgan fingerprint density at radius 3 is 2.64 bits per heavy atom. The van der Waals surface area contributed by atoms with Gasteiger partial charge in [0.05, 0.1) is 0 Å². The average molecular weight is 189 g/mol. The molecule has 1 aromatic rings. The van der Waals surface area contributed by atoms with Gasteiger partial charge in [-0.2, -0.15) is 0 Å². The second kappa shape index (κ2) is 2.89. The van der Waals surface area contributed by atoms with Crippen LogP contribution in [0.3, 0.4) is 0 Å². The number of nitrogen functional groups attached to an aromatic ring is 1. The molecule has 2 fully saturated rings. The number of nitrogens with two attached hydrogens (primary N) is 1. The number of fused-ring (bicyclic) bond motifs is 2. The number of nitrogens with one attached hydrogen (secondary N) is 1. The summed E-state index contributed by atoms with van der Waals surface area (Å²) < 4.78 is 0. The first-order valence-corrected chi connectivity index (χ1v) is 5.18. The molecule has 3 rings (SSSR count). The van der Waals surface area contributed by atoms with Crippen LogP contribution in [0.1, 0.15) is 6.42 Å². The monoisotopic (exact) mass is 189 g/mol. The quantitative estimate of drug-likeness (QED) is 0.643. The van der Waals surface area contributed by atoms with Gasteiger partial charge in [-0.15, -0.1) is 0 Å². The van der Waals surface area contributed by atoms with Gasteiger partial charge in [-0.1, -0.05) is 0 Å². The van der Waals surface area contributed by atoms with Crippen LogP contribution in [0.25, 0.3) is 0 Å². The van der Waals surface area contributed by atoms with Gasteiger partial charge in [0.15, 0.2) is 0 Å². The van der Waals surface area contributed by atoms with Gasteiger partial charge >= 0.3 is 0 Å². The number of benzene rings is 1. The third-order valence-electron chi connectivity index (χ3n) is 3.28. The number of hydrogen-bond acceptors (Lipinski definition) is 3. The molecule has 2 aliphatic rings. The minimum atomic E-state index is 0.698. The lowest BCUT2D eigenvalue weighted by Gasteiger charge is -2.29. The Hall–Kier alpha value is -1.22. The normalized spacial score (nSPS) is 29.9. The molecule has 1 aromatic carbocycles. The van der Waals surface area contributed by atoms with E-state index in [0.717, 1.165) is 18.8 Å². The van der Waals surface area contributed by atoms with Crippen molar-refractivity contribution in [2.24, 2.45) is 0 Å². The van der Waals surface area contributed by atoms with Crippen molar-refractivity contribution in [1.29, 1.82) is 0 Å². The van der Waals surface area contributed by atoms with E-state index in [4.69, 9.17) is 5.73 Å². The van der Waals surface area contributed by atoms with E-state index < -0.39 is 0 Å². The molecule has 0 unspecified atom stereocenters. The molecular weight excluding hydrogens is 174 g/mol. The van der Waals surface area contributed by atoms with Gasteiger partial charge in [-0.3, -0.25) is 0 Å². The standard InChI is InChI=1S/C11H15N3/c12-8-1-3-10(4-2-8)14-7-9-5-11(14)6-13-9/h1-4,9,11,13H,5-7,12H2/t9-,11-/m1/s1. The summed E-state index contributed by atoms with van der Waals surface area (Å²) in [6, 6.07) is 9.61. The molecule has 74 valence electrons. The number of piperazine rings is 1. The van der Waals surface area contributed by atoms with Gasteiger partial charge in [-0.25, -0.2) is 0 Å². The lowest BCUT2D eigenvalue weighted by molar-refractivity contribution is 0.580. The molecule has 0 amide bonds. The second-order valence-corrected chi connectivity index (χ2v) is 4.24. The molecule has 0 saturated carbocycles. The summed E-state index contributed by atoms with van der Waals surface area (Å²) in [4.78, 5) is 2.49. The lowest BCUT2D eigenvalue weighted by Crippen LogP contribution is -2.43. The van der Waals surface area contributed by atoms with Crippen molar-refractivity contribution in [1.82, 2.24) is 5.32 Å². The van der Waals surface area contributed by atoms with Crippen molar-refractivity contribution in [2.75, 3.05) is 23.7 Å². The zero-order valence-corrected chi connectivity index (χ0v) is 8.11. The first kappa shape index (κ1) is 8.12. The van der Waals surface area contributed by atoms with E-state index in [0.29, 0.717) is 12.1 Å². The van der Waals surface area contributed by atoms with Crippen LogP contribution in [0, 0.1) is 0 Å². The van der Waals surface area contributed by atoms with Crippen LogP contribution in [-0.2, 0) is 0 Å². The molecule has 3 N–H and O–H groups in total. The van der Waals surface area contributed by atoms with Crippen molar-refractivity contribution < 1.29 is 0 Å². The third kappa shape index (κ3) is 1.16. The predicted molar refractivity (Wildman–Crippen MR) is 58.4 cm³/mol. The molecule has 3 nitrogen and oxygen atoms in total. The molecule has 0 aromatic heterocycles. The van der Waals surface area contributed by atoms with Crippen LogP contribution < -0.4 is 16.0 Å². The first-order valence-electron chi connectivity index (χ1n) is 5.18. The van der Waals surface area contributed by atoms with Crippen LogP contribution in [0.15, 0.2) is 24.3 Å². The fraction of sp³-hybridized carbons (Fsp3) is 0.455. The van der Waals surface area contributed by atoms with Crippen molar-refractivity contribution in [2.45, 2.75) is 18.5 Å². The number of anilines is 2. The van der Waals surface area contributed by atoms with E-state index in [-0.39, 0.29) is 0 Å². The maximum absolute atomic E-state index is 5.67. The summed E-state index contributed by atoms with van der Waals surface area (Å²) in [6.07, 6.45) is 1.30. The van der Waals surface area contributed by atoms with Crippen LogP contribution >= 0.6 is 0 Å². The van der Waals surface area contributed by atoms with E-state index in [1.807, 2.05) is 12.1 Å². The molecular formula is C11H15N3.